The van der Waals surface area contributed by atoms with Crippen LogP contribution < -0.4 is 5.46 Å². The quantitative estimate of drug-likeness (QED) is 0.810. The summed E-state index contributed by atoms with van der Waals surface area (Å²) in [6.45, 7) is 12.7. The van der Waals surface area contributed by atoms with E-state index in [0.717, 1.165) is 17.6 Å². The Hall–Kier alpha value is -1.85. The second-order valence-electron chi connectivity index (χ2n) is 8.74. The molecule has 4 nitrogen and oxygen atoms in total. The lowest BCUT2D eigenvalue weighted by molar-refractivity contribution is 0.00578. The Morgan fingerprint density at radius 2 is 1.56 bits per heavy atom. The van der Waals surface area contributed by atoms with Crippen LogP contribution in [0.3, 0.4) is 0 Å². The van der Waals surface area contributed by atoms with Crippen LogP contribution in [0.1, 0.15) is 58.7 Å². The summed E-state index contributed by atoms with van der Waals surface area (Å²) in [4.78, 5) is 4.35. The average molecular weight is 367 g/mol. The number of pyridine rings is 1. The van der Waals surface area contributed by atoms with Crippen molar-refractivity contribution in [2.45, 2.75) is 65.1 Å². The molecule has 27 heavy (non-hydrogen) atoms. The van der Waals surface area contributed by atoms with Crippen molar-refractivity contribution in [2.24, 2.45) is 5.92 Å². The van der Waals surface area contributed by atoms with Crippen molar-refractivity contribution in [3.63, 3.8) is 0 Å². The number of hydrogen-bond acceptors (Lipinski definition) is 4. The van der Waals surface area contributed by atoms with Gasteiger partial charge < -0.3 is 14.4 Å². The molecule has 0 spiro atoms. The Morgan fingerprint density at radius 3 is 2.07 bits per heavy atom. The van der Waals surface area contributed by atoms with Crippen LogP contribution in [0.5, 0.6) is 5.75 Å². The van der Waals surface area contributed by atoms with E-state index in [-0.39, 0.29) is 24.1 Å². The standard InChI is InChI=1S/C22H30BNO3/c1-15(16(2)20-12-11-19(25)14-24-20)13-17-7-9-18(10-8-17)23-26-21(3,4)22(5,6)27-23/h7-12,14-16,25H,13H2,1-6H3. The van der Waals surface area contributed by atoms with E-state index < -0.39 is 0 Å². The molecule has 144 valence electrons. The molecule has 2 heterocycles. The number of hydrogen-bond donors (Lipinski definition) is 1. The number of aromatic hydroxyl groups is 1. The number of rotatable bonds is 5. The molecular formula is C22H30BNO3. The van der Waals surface area contributed by atoms with Gasteiger partial charge in [-0.2, -0.15) is 0 Å². The van der Waals surface area contributed by atoms with Crippen LogP contribution in [0.15, 0.2) is 42.6 Å². The maximum Gasteiger partial charge on any atom is 0.494 e. The van der Waals surface area contributed by atoms with Crippen molar-refractivity contribution in [3.8, 4) is 5.75 Å². The summed E-state index contributed by atoms with van der Waals surface area (Å²) in [7, 11) is -0.318. The fourth-order valence-electron chi connectivity index (χ4n) is 3.30. The lowest BCUT2D eigenvalue weighted by Gasteiger charge is -2.32. The maximum atomic E-state index is 9.41. The highest BCUT2D eigenvalue weighted by molar-refractivity contribution is 6.62. The van der Waals surface area contributed by atoms with Gasteiger partial charge >= 0.3 is 7.12 Å². The van der Waals surface area contributed by atoms with Gasteiger partial charge in [0.2, 0.25) is 0 Å². The minimum absolute atomic E-state index is 0.205. The molecule has 1 aromatic carbocycles. The fraction of sp³-hybridized carbons (Fsp3) is 0.500. The highest BCUT2D eigenvalue weighted by Gasteiger charge is 2.51. The van der Waals surface area contributed by atoms with Crippen LogP contribution in [0.4, 0.5) is 0 Å². The molecular weight excluding hydrogens is 337 g/mol. The zero-order valence-electron chi connectivity index (χ0n) is 17.2. The van der Waals surface area contributed by atoms with E-state index >= 15 is 0 Å². The fourth-order valence-corrected chi connectivity index (χ4v) is 3.30. The molecule has 2 unspecified atom stereocenters. The lowest BCUT2D eigenvalue weighted by atomic mass is 9.78. The van der Waals surface area contributed by atoms with Crippen LogP contribution in [0, 0.1) is 5.92 Å². The first-order valence-corrected chi connectivity index (χ1v) is 9.68. The van der Waals surface area contributed by atoms with Crippen molar-refractivity contribution < 1.29 is 14.4 Å². The van der Waals surface area contributed by atoms with Gasteiger partial charge in [-0.25, -0.2) is 0 Å². The van der Waals surface area contributed by atoms with E-state index in [1.54, 1.807) is 6.07 Å². The highest BCUT2D eigenvalue weighted by Crippen LogP contribution is 2.36. The Bertz CT molecular complexity index is 755. The molecule has 1 N–H and O–H groups in total. The third kappa shape index (κ3) is 4.20. The lowest BCUT2D eigenvalue weighted by Crippen LogP contribution is -2.41. The van der Waals surface area contributed by atoms with Crippen molar-refractivity contribution in [2.75, 3.05) is 0 Å². The third-order valence-electron chi connectivity index (χ3n) is 6.15. The van der Waals surface area contributed by atoms with E-state index in [9.17, 15) is 5.11 Å². The Morgan fingerprint density at radius 1 is 0.963 bits per heavy atom. The molecule has 1 saturated heterocycles. The molecule has 0 saturated carbocycles. The Balaban J connectivity index is 1.65. The van der Waals surface area contributed by atoms with E-state index in [4.69, 9.17) is 9.31 Å². The summed E-state index contributed by atoms with van der Waals surface area (Å²) in [6.07, 6.45) is 2.48. The summed E-state index contributed by atoms with van der Waals surface area (Å²) in [5.41, 5.74) is 2.70. The first kappa shape index (κ1) is 19.9. The van der Waals surface area contributed by atoms with Gasteiger partial charge in [0.05, 0.1) is 17.4 Å². The summed E-state index contributed by atoms with van der Waals surface area (Å²) in [5, 5.41) is 9.41. The predicted octanol–water partition coefficient (Wildman–Crippen LogP) is 4.07. The molecule has 0 amide bonds. The van der Waals surface area contributed by atoms with Gasteiger partial charge in [-0.3, -0.25) is 4.98 Å². The summed E-state index contributed by atoms with van der Waals surface area (Å²) in [6, 6.07) is 12.1. The van der Waals surface area contributed by atoms with Gasteiger partial charge in [-0.05, 0) is 63.2 Å². The number of nitrogens with zero attached hydrogens (tertiary/aromatic N) is 1. The first-order chi connectivity index (χ1) is 12.6. The monoisotopic (exact) mass is 367 g/mol. The molecule has 3 rings (SSSR count). The van der Waals surface area contributed by atoms with Gasteiger partial charge in [-0.1, -0.05) is 38.1 Å². The molecule has 1 aromatic heterocycles. The van der Waals surface area contributed by atoms with Crippen LogP contribution in [-0.4, -0.2) is 28.4 Å². The Kier molecular flexibility index (Phi) is 5.37. The summed E-state index contributed by atoms with van der Waals surface area (Å²) < 4.78 is 12.3. The van der Waals surface area contributed by atoms with E-state index in [0.29, 0.717) is 11.8 Å². The smallest absolute Gasteiger partial charge is 0.494 e. The van der Waals surface area contributed by atoms with Crippen LogP contribution >= 0.6 is 0 Å². The minimum atomic E-state index is -0.322. The molecule has 2 aromatic rings. The largest absolute Gasteiger partial charge is 0.506 e. The number of benzene rings is 1. The van der Waals surface area contributed by atoms with Gasteiger partial charge in [-0.15, -0.1) is 0 Å². The van der Waals surface area contributed by atoms with Crippen LogP contribution in [0.25, 0.3) is 0 Å². The van der Waals surface area contributed by atoms with Crippen molar-refractivity contribution >= 4 is 12.6 Å². The maximum absolute atomic E-state index is 9.41. The van der Waals surface area contributed by atoms with Gasteiger partial charge in [0, 0.05) is 11.6 Å². The molecule has 0 aliphatic carbocycles. The summed E-state index contributed by atoms with van der Waals surface area (Å²) >= 11 is 0. The SMILES string of the molecule is CC(Cc1ccc(B2OC(C)(C)C(C)(C)O2)cc1)C(C)c1ccc(O)cn1. The first-order valence-electron chi connectivity index (χ1n) is 9.68. The molecule has 0 radical (unpaired) electrons. The zero-order valence-corrected chi connectivity index (χ0v) is 17.2. The second-order valence-corrected chi connectivity index (χ2v) is 8.74. The van der Waals surface area contributed by atoms with E-state index in [1.165, 1.54) is 11.8 Å². The van der Waals surface area contributed by atoms with Crippen molar-refractivity contribution in [1.82, 2.24) is 4.98 Å². The summed E-state index contributed by atoms with van der Waals surface area (Å²) in [5.74, 6) is 0.954. The predicted molar refractivity (Wildman–Crippen MR) is 109 cm³/mol. The Labute approximate surface area is 163 Å². The highest BCUT2D eigenvalue weighted by atomic mass is 16.7. The van der Waals surface area contributed by atoms with Gasteiger partial charge in [0.15, 0.2) is 0 Å². The van der Waals surface area contributed by atoms with Gasteiger partial charge in [0.25, 0.3) is 0 Å². The van der Waals surface area contributed by atoms with E-state index in [1.807, 2.05) is 6.07 Å². The van der Waals surface area contributed by atoms with E-state index in [2.05, 4.69) is 70.8 Å². The molecule has 5 heteroatoms. The van der Waals surface area contributed by atoms with Crippen LogP contribution in [0.2, 0.25) is 0 Å². The molecule has 1 aliphatic heterocycles. The molecule has 1 aliphatic rings. The van der Waals surface area contributed by atoms with Crippen molar-refractivity contribution in [1.29, 1.82) is 0 Å². The second kappa shape index (κ2) is 7.29. The van der Waals surface area contributed by atoms with Crippen molar-refractivity contribution in [3.05, 3.63) is 53.9 Å². The molecule has 2 atom stereocenters. The molecule has 1 fully saturated rings. The van der Waals surface area contributed by atoms with Crippen LogP contribution in [-0.2, 0) is 15.7 Å². The normalized spacial score (nSPS) is 20.4. The van der Waals surface area contributed by atoms with Gasteiger partial charge in [0.1, 0.15) is 5.75 Å². The molecule has 0 bridgehead atoms. The minimum Gasteiger partial charge on any atom is -0.506 e. The third-order valence-corrected chi connectivity index (χ3v) is 6.15. The number of aromatic nitrogens is 1. The topological polar surface area (TPSA) is 51.6 Å². The average Bonchev–Trinajstić information content (AvgIpc) is 2.83. The zero-order chi connectivity index (χ0) is 19.8.